The van der Waals surface area contributed by atoms with Gasteiger partial charge in [-0.1, -0.05) is 59.8 Å². The minimum absolute atomic E-state index is 0.0504. The molecule has 9 atom stereocenters. The Morgan fingerprint density at radius 3 is 2.29 bits per heavy atom. The summed E-state index contributed by atoms with van der Waals surface area (Å²) < 4.78 is 41.2. The molecule has 23 nitrogen and oxygen atoms in total. The highest BCUT2D eigenvalue weighted by molar-refractivity contribution is 6.17. The number of aromatic nitrogens is 1. The Balaban J connectivity index is 1.31. The van der Waals surface area contributed by atoms with Gasteiger partial charge in [-0.05, 0) is 31.1 Å². The predicted molar refractivity (Wildman–Crippen MR) is 307 cm³/mol. The predicted octanol–water partition coefficient (Wildman–Crippen LogP) is 5.01. The number of carbonyl (C=O) groups is 4. The third-order valence-electron chi connectivity index (χ3n) is 15.6. The molecule has 0 spiro atoms. The average molecular weight is 1150 g/mol. The third kappa shape index (κ3) is 12.4. The first-order valence-corrected chi connectivity index (χ1v) is 27.3. The lowest BCUT2D eigenvalue weighted by Gasteiger charge is -2.38. The molecule has 4 aromatic carbocycles. The molecule has 8 N–H and O–H groups in total. The fourth-order valence-electron chi connectivity index (χ4n) is 11.0. The van der Waals surface area contributed by atoms with Gasteiger partial charge in [-0.3, -0.25) is 24.1 Å². The number of benzene rings is 4. The van der Waals surface area contributed by atoms with Crippen LogP contribution in [0.15, 0.2) is 80.5 Å². The number of carbonyl (C=O) groups excluding carboxylic acids is 4. The van der Waals surface area contributed by atoms with Gasteiger partial charge in [-0.25, -0.2) is 14.6 Å². The number of aromatic hydroxyl groups is 2. The highest BCUT2D eigenvalue weighted by Gasteiger charge is 2.44. The molecule has 5 aromatic rings. The van der Waals surface area contributed by atoms with E-state index < -0.39 is 136 Å². The standard InChI is InChI=1S/C60H71N5O18/c1-28(2)25-64-17-19-65(20-18-64)37-23-40(68)47-42(24-37)82-56-48(62-47)44-45-52(72)33(7)55-46(44)57(74)60(9,83-55)80-21-16-41(77-10)30(4)54(81-34(8)66)32(6)51(71)31(5)50(70)29(3)12-11-13-35(58(75)63-49(56)53(45)73)26-78-43(69)27-79-59(76)38-15-14-36(61)22-39(38)67/h11-16,21-24,28-32,41,50-51,54,67,70-72,74H,17-20,25-27,61H2,1-10H3,(H,63,75). The molecule has 4 aliphatic heterocycles. The van der Waals surface area contributed by atoms with Crippen molar-refractivity contribution in [2.75, 3.05) is 69.0 Å². The van der Waals surface area contributed by atoms with Crippen molar-refractivity contribution in [3.63, 3.8) is 0 Å². The summed E-state index contributed by atoms with van der Waals surface area (Å²) in [4.78, 5) is 92.2. The van der Waals surface area contributed by atoms with Gasteiger partial charge in [0.15, 0.2) is 29.0 Å². The number of methoxy groups -OCH3 is 1. The number of fused-ring (bicyclic) bond motifs is 14. The van der Waals surface area contributed by atoms with Gasteiger partial charge in [-0.2, -0.15) is 0 Å². The number of esters is 3. The SMILES string of the molecule is COC1C=COC2(C)Oc3c(C)c(O)c4c(=O)c(c5oc6cc(N7CCN(CC(C)C)CC7)cc(=O)c6nc5c4c3=C2O)NC(=O)C(COC(=O)COC(=O)c2ccc(N)cc2O)=CC=CC(C)C(O)C(C)C(O)C(C)C(OC(C)=O)C1C. The van der Waals surface area contributed by atoms with E-state index in [-0.39, 0.29) is 55.4 Å². The van der Waals surface area contributed by atoms with Crippen LogP contribution in [0.3, 0.4) is 0 Å². The summed E-state index contributed by atoms with van der Waals surface area (Å²) in [5.41, 5.74) is 2.45. The maximum absolute atomic E-state index is 15.3. The van der Waals surface area contributed by atoms with Crippen LogP contribution in [0.2, 0.25) is 0 Å². The van der Waals surface area contributed by atoms with Gasteiger partial charge in [0.2, 0.25) is 10.9 Å². The Morgan fingerprint density at radius 2 is 1.63 bits per heavy atom. The van der Waals surface area contributed by atoms with Gasteiger partial charge >= 0.3 is 23.7 Å². The summed E-state index contributed by atoms with van der Waals surface area (Å²) in [6.07, 6.45) is 2.33. The van der Waals surface area contributed by atoms with E-state index in [9.17, 15) is 49.5 Å². The zero-order valence-corrected chi connectivity index (χ0v) is 47.9. The monoisotopic (exact) mass is 1150 g/mol. The molecule has 1 aromatic heterocycles. The Bertz CT molecular complexity index is 3640. The molecule has 9 rings (SSSR count). The molecule has 444 valence electrons. The number of allylic oxidation sites excluding steroid dienone is 2. The summed E-state index contributed by atoms with van der Waals surface area (Å²) in [5.74, 6) is -10.7. The Labute approximate surface area is 477 Å². The van der Waals surface area contributed by atoms with Crippen LogP contribution in [0.25, 0.3) is 38.7 Å². The molecule has 1 amide bonds. The second-order valence-electron chi connectivity index (χ2n) is 22.1. The molecular formula is C60H71N5O18. The second kappa shape index (κ2) is 24.7. The van der Waals surface area contributed by atoms with Crippen molar-refractivity contribution in [2.45, 2.75) is 92.5 Å². The second-order valence-corrected chi connectivity index (χ2v) is 22.1. The number of hydrogen-bond acceptors (Lipinski definition) is 22. The first-order chi connectivity index (χ1) is 39.2. The minimum atomic E-state index is -2.09. The van der Waals surface area contributed by atoms with Gasteiger partial charge in [-0.15, -0.1) is 0 Å². The van der Waals surface area contributed by atoms with Gasteiger partial charge in [0, 0.05) is 118 Å². The molecule has 9 unspecified atom stereocenters. The molecule has 5 heterocycles. The van der Waals surface area contributed by atoms with Crippen molar-refractivity contribution in [3.8, 4) is 17.2 Å². The van der Waals surface area contributed by atoms with Crippen molar-refractivity contribution in [3.05, 3.63) is 103 Å². The lowest BCUT2D eigenvalue weighted by Crippen LogP contribution is -2.47. The maximum Gasteiger partial charge on any atom is 0.344 e. The number of nitrogens with one attached hydrogen (secondary N) is 1. The zero-order valence-electron chi connectivity index (χ0n) is 47.9. The largest absolute Gasteiger partial charge is 0.507 e. The molecule has 0 saturated carbocycles. The summed E-state index contributed by atoms with van der Waals surface area (Å²) in [6, 6.07) is 6.66. The van der Waals surface area contributed by atoms with Crippen molar-refractivity contribution in [2.24, 2.45) is 29.6 Å². The van der Waals surface area contributed by atoms with E-state index in [0.717, 1.165) is 25.7 Å². The van der Waals surface area contributed by atoms with Crippen molar-refractivity contribution in [1.29, 1.82) is 0 Å². The first-order valence-electron chi connectivity index (χ1n) is 27.3. The molecule has 0 radical (unpaired) electrons. The molecule has 0 aliphatic carbocycles. The number of nitrogens with zero attached hydrogens (tertiary/aromatic N) is 3. The highest BCUT2D eigenvalue weighted by Crippen LogP contribution is 2.42. The minimum Gasteiger partial charge on any atom is -0.507 e. The summed E-state index contributed by atoms with van der Waals surface area (Å²) >= 11 is 0. The molecule has 4 aliphatic rings. The number of aliphatic hydroxyl groups excluding tert-OH is 3. The molecule has 23 heteroatoms. The molecule has 1 fully saturated rings. The number of piperazine rings is 1. The average Bonchev–Trinajstić information content (AvgIpc) is 3.83. The molecule has 1 saturated heterocycles. The van der Waals surface area contributed by atoms with E-state index in [0.29, 0.717) is 24.7 Å². The van der Waals surface area contributed by atoms with Crippen molar-refractivity contribution in [1.82, 2.24) is 9.88 Å². The number of hydrogen-bond donors (Lipinski definition) is 7. The normalized spacial score (nSPS) is 24.7. The third-order valence-corrected chi connectivity index (χ3v) is 15.6. The fourth-order valence-corrected chi connectivity index (χ4v) is 11.0. The van der Waals surface area contributed by atoms with Crippen LogP contribution in [0.5, 0.6) is 17.2 Å². The van der Waals surface area contributed by atoms with Crippen molar-refractivity contribution >= 4 is 79.6 Å². The van der Waals surface area contributed by atoms with E-state index in [1.165, 1.54) is 76.6 Å². The molecule has 83 heavy (non-hydrogen) atoms. The number of amides is 1. The summed E-state index contributed by atoms with van der Waals surface area (Å²) in [7, 11) is 1.41. The summed E-state index contributed by atoms with van der Waals surface area (Å²) in [6.45, 7) is 16.6. The number of phenols is 2. The summed E-state index contributed by atoms with van der Waals surface area (Å²) in [5, 5.41) is 59.9. The molecule has 5 bridgehead atoms. The van der Waals surface area contributed by atoms with Crippen LogP contribution in [-0.2, 0) is 38.1 Å². The van der Waals surface area contributed by atoms with E-state index in [1.807, 2.05) is 4.90 Å². The van der Waals surface area contributed by atoms with Crippen LogP contribution in [-0.4, -0.2) is 142 Å². The smallest absolute Gasteiger partial charge is 0.344 e. The quantitative estimate of drug-likeness (QED) is 0.0318. The van der Waals surface area contributed by atoms with Gasteiger partial charge in [0.05, 0.1) is 40.8 Å². The van der Waals surface area contributed by atoms with E-state index in [2.05, 4.69) is 24.1 Å². The number of phenolic OH excluding ortho intramolecular Hbond substituents is 2. The topological polar surface area (TPSA) is 330 Å². The molecular weight excluding hydrogens is 1080 g/mol. The lowest BCUT2D eigenvalue weighted by molar-refractivity contribution is -0.160. The Morgan fingerprint density at radius 1 is 0.916 bits per heavy atom. The van der Waals surface area contributed by atoms with E-state index >= 15 is 4.79 Å². The van der Waals surface area contributed by atoms with Gasteiger partial charge < -0.3 is 74.3 Å². The van der Waals surface area contributed by atoms with Crippen LogP contribution < -0.4 is 36.8 Å². The number of anilines is 3. The zero-order chi connectivity index (χ0) is 60.5. The van der Waals surface area contributed by atoms with Gasteiger partial charge in [0.1, 0.15) is 46.7 Å². The van der Waals surface area contributed by atoms with E-state index in [4.69, 9.17) is 43.6 Å². The van der Waals surface area contributed by atoms with Crippen LogP contribution in [0, 0.1) is 36.5 Å². The Hall–Kier alpha value is -8.25. The number of nitrogens with two attached hydrogens (primary N) is 1. The maximum atomic E-state index is 15.3. The number of nitrogen functional groups attached to an aromatic ring is 1. The van der Waals surface area contributed by atoms with Crippen LogP contribution >= 0.6 is 0 Å². The highest BCUT2D eigenvalue weighted by atomic mass is 16.7. The Kier molecular flexibility index (Phi) is 18.1. The van der Waals surface area contributed by atoms with Crippen LogP contribution in [0.1, 0.15) is 71.3 Å². The number of rotatable bonds is 10. The van der Waals surface area contributed by atoms with Crippen LogP contribution in [0.4, 0.5) is 17.1 Å². The lowest BCUT2D eigenvalue weighted by atomic mass is 9.78. The van der Waals surface area contributed by atoms with E-state index in [1.54, 1.807) is 33.8 Å². The number of ether oxygens (including phenoxy) is 6. The number of aliphatic hydroxyl groups is 3. The fraction of sp³-hybridized carbons (Fsp3) is 0.450. The van der Waals surface area contributed by atoms with Crippen molar-refractivity contribution < 1.29 is 77.5 Å². The first kappa shape index (κ1) is 60.8. The van der Waals surface area contributed by atoms with Gasteiger partial charge in [0.25, 0.3) is 5.91 Å².